The van der Waals surface area contributed by atoms with Gasteiger partial charge in [0.15, 0.2) is 5.82 Å². The number of hydrogen-bond acceptors (Lipinski definition) is 3. The maximum atomic E-state index is 14.3. The number of nitrogens with one attached hydrogen (secondary N) is 1. The molecule has 4 heteroatoms. The van der Waals surface area contributed by atoms with Crippen molar-refractivity contribution in [3.05, 3.63) is 66.5 Å². The maximum absolute atomic E-state index is 14.3. The second kappa shape index (κ2) is 7.65. The van der Waals surface area contributed by atoms with E-state index >= 15 is 0 Å². The lowest BCUT2D eigenvalue weighted by molar-refractivity contribution is 0.462. The summed E-state index contributed by atoms with van der Waals surface area (Å²) in [5, 5.41) is 3.55. The Bertz CT molecular complexity index is 874. The average molecular weight is 347 g/mol. The van der Waals surface area contributed by atoms with Gasteiger partial charge in [0, 0.05) is 23.2 Å². The second-order valence-electron chi connectivity index (χ2n) is 6.79. The molecule has 1 heterocycles. The zero-order valence-electron chi connectivity index (χ0n) is 14.7. The van der Waals surface area contributed by atoms with Crippen LogP contribution in [0.25, 0.3) is 22.6 Å². The van der Waals surface area contributed by atoms with Gasteiger partial charge in [-0.25, -0.2) is 14.4 Å². The van der Waals surface area contributed by atoms with Crippen LogP contribution in [0.5, 0.6) is 0 Å². The summed E-state index contributed by atoms with van der Waals surface area (Å²) >= 11 is 0. The molecule has 4 rings (SSSR count). The van der Waals surface area contributed by atoms with E-state index in [-0.39, 0.29) is 5.82 Å². The summed E-state index contributed by atoms with van der Waals surface area (Å²) in [5.74, 6) is 1.11. The fraction of sp³-hybridized carbons (Fsp3) is 0.273. The summed E-state index contributed by atoms with van der Waals surface area (Å²) in [6.07, 6.45) is 6.10. The summed E-state index contributed by atoms with van der Waals surface area (Å²) in [6, 6.07) is 18.9. The third kappa shape index (κ3) is 3.74. The Hall–Kier alpha value is -2.75. The summed E-state index contributed by atoms with van der Waals surface area (Å²) in [6.45, 7) is 0. The zero-order chi connectivity index (χ0) is 17.8. The average Bonchev–Trinajstić information content (AvgIpc) is 2.69. The fourth-order valence-corrected chi connectivity index (χ4v) is 3.50. The van der Waals surface area contributed by atoms with Crippen LogP contribution in [0.4, 0.5) is 10.2 Å². The lowest BCUT2D eigenvalue weighted by Gasteiger charge is -2.23. The van der Waals surface area contributed by atoms with Gasteiger partial charge in [0.05, 0.1) is 5.69 Å². The van der Waals surface area contributed by atoms with Gasteiger partial charge in [0.2, 0.25) is 0 Å². The highest BCUT2D eigenvalue weighted by atomic mass is 19.1. The third-order valence-corrected chi connectivity index (χ3v) is 4.87. The molecule has 2 aromatic carbocycles. The molecular weight excluding hydrogens is 325 g/mol. The molecular formula is C22H22FN3. The van der Waals surface area contributed by atoms with Crippen LogP contribution in [0.1, 0.15) is 32.1 Å². The molecule has 0 aliphatic heterocycles. The van der Waals surface area contributed by atoms with E-state index in [9.17, 15) is 4.39 Å². The standard InChI is InChI=1S/C22H22FN3/c23-19-14-8-7-13-18(19)20-15-21(24-17-11-5-2-6-12-17)26-22(25-20)16-9-3-1-4-10-16/h1,3-4,7-10,13-15,17H,2,5-6,11-12H2,(H,24,25,26). The van der Waals surface area contributed by atoms with E-state index in [1.807, 2.05) is 42.5 Å². The highest BCUT2D eigenvalue weighted by Crippen LogP contribution is 2.28. The van der Waals surface area contributed by atoms with Crippen molar-refractivity contribution in [1.29, 1.82) is 0 Å². The Labute approximate surface area is 153 Å². The van der Waals surface area contributed by atoms with Crippen molar-refractivity contribution in [3.8, 4) is 22.6 Å². The van der Waals surface area contributed by atoms with E-state index in [4.69, 9.17) is 4.98 Å². The van der Waals surface area contributed by atoms with Crippen LogP contribution >= 0.6 is 0 Å². The van der Waals surface area contributed by atoms with Gasteiger partial charge in [-0.2, -0.15) is 0 Å². The van der Waals surface area contributed by atoms with Crippen molar-refractivity contribution in [1.82, 2.24) is 9.97 Å². The Balaban J connectivity index is 1.75. The normalized spacial score (nSPS) is 15.0. The lowest BCUT2D eigenvalue weighted by Crippen LogP contribution is -2.23. The van der Waals surface area contributed by atoms with Crippen LogP contribution in [0.15, 0.2) is 60.7 Å². The quantitative estimate of drug-likeness (QED) is 0.658. The zero-order valence-corrected chi connectivity index (χ0v) is 14.7. The summed E-state index contributed by atoms with van der Waals surface area (Å²) in [5.41, 5.74) is 2.03. The molecule has 1 aromatic heterocycles. The van der Waals surface area contributed by atoms with Crippen LogP contribution in [-0.4, -0.2) is 16.0 Å². The maximum Gasteiger partial charge on any atom is 0.162 e. The topological polar surface area (TPSA) is 37.8 Å². The first-order chi connectivity index (χ1) is 12.8. The van der Waals surface area contributed by atoms with Crippen molar-refractivity contribution < 1.29 is 4.39 Å². The summed E-state index contributed by atoms with van der Waals surface area (Å²) in [7, 11) is 0. The molecule has 0 radical (unpaired) electrons. The van der Waals surface area contributed by atoms with Crippen molar-refractivity contribution >= 4 is 5.82 Å². The summed E-state index contributed by atoms with van der Waals surface area (Å²) < 4.78 is 14.3. The van der Waals surface area contributed by atoms with Crippen LogP contribution in [0.3, 0.4) is 0 Å². The molecule has 0 atom stereocenters. The Morgan fingerprint density at radius 2 is 1.58 bits per heavy atom. The minimum absolute atomic E-state index is 0.270. The lowest BCUT2D eigenvalue weighted by atomic mass is 9.95. The van der Waals surface area contributed by atoms with Crippen molar-refractivity contribution in [2.45, 2.75) is 38.1 Å². The van der Waals surface area contributed by atoms with Crippen LogP contribution in [0, 0.1) is 5.82 Å². The Kier molecular flexibility index (Phi) is 4.91. The first-order valence-corrected chi connectivity index (χ1v) is 9.25. The molecule has 1 fully saturated rings. The minimum Gasteiger partial charge on any atom is -0.367 e. The smallest absolute Gasteiger partial charge is 0.162 e. The largest absolute Gasteiger partial charge is 0.367 e. The molecule has 0 saturated heterocycles. The van der Waals surface area contributed by atoms with E-state index in [0.717, 1.165) is 24.2 Å². The third-order valence-electron chi connectivity index (χ3n) is 4.87. The van der Waals surface area contributed by atoms with Gasteiger partial charge in [-0.3, -0.25) is 0 Å². The van der Waals surface area contributed by atoms with Gasteiger partial charge in [0.25, 0.3) is 0 Å². The molecule has 0 bridgehead atoms. The van der Waals surface area contributed by atoms with Crippen LogP contribution in [-0.2, 0) is 0 Å². The van der Waals surface area contributed by atoms with Crippen molar-refractivity contribution in [3.63, 3.8) is 0 Å². The highest BCUT2D eigenvalue weighted by molar-refractivity contribution is 5.68. The molecule has 132 valence electrons. The molecule has 1 N–H and O–H groups in total. The van der Waals surface area contributed by atoms with Gasteiger partial charge < -0.3 is 5.32 Å². The summed E-state index contributed by atoms with van der Waals surface area (Å²) in [4.78, 5) is 9.34. The van der Waals surface area contributed by atoms with E-state index in [1.165, 1.54) is 25.3 Å². The van der Waals surface area contributed by atoms with Crippen LogP contribution in [0.2, 0.25) is 0 Å². The number of rotatable bonds is 4. The number of aromatic nitrogens is 2. The molecule has 0 amide bonds. The number of nitrogens with zero attached hydrogens (tertiary/aromatic N) is 2. The van der Waals surface area contributed by atoms with Gasteiger partial charge in [-0.1, -0.05) is 61.7 Å². The molecule has 3 nitrogen and oxygen atoms in total. The Morgan fingerprint density at radius 1 is 0.846 bits per heavy atom. The Morgan fingerprint density at radius 3 is 2.35 bits per heavy atom. The highest BCUT2D eigenvalue weighted by Gasteiger charge is 2.16. The predicted octanol–water partition coefficient (Wildman–Crippen LogP) is 5.69. The molecule has 1 aliphatic rings. The van der Waals surface area contributed by atoms with Gasteiger partial charge in [-0.15, -0.1) is 0 Å². The van der Waals surface area contributed by atoms with Gasteiger partial charge >= 0.3 is 0 Å². The molecule has 0 unspecified atom stereocenters. The van der Waals surface area contributed by atoms with E-state index in [0.29, 0.717) is 23.1 Å². The second-order valence-corrected chi connectivity index (χ2v) is 6.79. The van der Waals surface area contributed by atoms with Crippen molar-refractivity contribution in [2.24, 2.45) is 0 Å². The van der Waals surface area contributed by atoms with Gasteiger partial charge in [0.1, 0.15) is 11.6 Å². The number of anilines is 1. The van der Waals surface area contributed by atoms with E-state index in [1.54, 1.807) is 12.1 Å². The molecule has 1 saturated carbocycles. The molecule has 3 aromatic rings. The molecule has 1 aliphatic carbocycles. The number of benzene rings is 2. The van der Waals surface area contributed by atoms with Crippen molar-refractivity contribution in [2.75, 3.05) is 5.32 Å². The number of halogens is 1. The van der Waals surface area contributed by atoms with Crippen LogP contribution < -0.4 is 5.32 Å². The van der Waals surface area contributed by atoms with E-state index < -0.39 is 0 Å². The SMILES string of the molecule is Fc1ccccc1-c1cc(NC2CCCCC2)nc(-c2ccccc2)n1. The molecule has 26 heavy (non-hydrogen) atoms. The van der Waals surface area contributed by atoms with Gasteiger partial charge in [-0.05, 0) is 25.0 Å². The fourth-order valence-electron chi connectivity index (χ4n) is 3.50. The monoisotopic (exact) mass is 347 g/mol. The predicted molar refractivity (Wildman–Crippen MR) is 103 cm³/mol. The van der Waals surface area contributed by atoms with E-state index in [2.05, 4.69) is 10.3 Å². The number of hydrogen-bond donors (Lipinski definition) is 1. The molecule has 0 spiro atoms. The first kappa shape index (κ1) is 16.7. The first-order valence-electron chi connectivity index (χ1n) is 9.25. The minimum atomic E-state index is -0.270.